The van der Waals surface area contributed by atoms with Gasteiger partial charge in [0.2, 0.25) is 0 Å². The van der Waals surface area contributed by atoms with Gasteiger partial charge in [0.05, 0.1) is 11.7 Å². The number of para-hydroxylation sites is 2. The van der Waals surface area contributed by atoms with Gasteiger partial charge >= 0.3 is 0 Å². The number of hydrogen-bond donors (Lipinski definition) is 2. The molecule has 8 aromatic rings. The number of fused-ring (bicyclic) bond motifs is 7. The summed E-state index contributed by atoms with van der Waals surface area (Å²) in [5.41, 5.74) is 18.0. The summed E-state index contributed by atoms with van der Waals surface area (Å²) < 4.78 is 8.84. The molecule has 0 radical (unpaired) electrons. The van der Waals surface area contributed by atoms with E-state index >= 15 is 0 Å². The molecule has 5 heteroatoms. The Morgan fingerprint density at radius 3 is 2.15 bits per heavy atom. The van der Waals surface area contributed by atoms with Crippen LogP contribution in [-0.2, 0) is 0 Å². The third kappa shape index (κ3) is 5.58. The minimum Gasteiger partial charge on any atom is -0.456 e. The monoisotopic (exact) mass is 672 g/mol. The lowest BCUT2D eigenvalue weighted by Gasteiger charge is -2.24. The van der Waals surface area contributed by atoms with Crippen LogP contribution in [0.1, 0.15) is 35.8 Å². The van der Waals surface area contributed by atoms with Crippen molar-refractivity contribution in [2.45, 2.75) is 19.1 Å². The first-order chi connectivity index (χ1) is 25.7. The van der Waals surface area contributed by atoms with Crippen LogP contribution in [0.15, 0.2) is 181 Å². The zero-order valence-electron chi connectivity index (χ0n) is 28.7. The largest absolute Gasteiger partial charge is 0.456 e. The number of nitrogens with zero attached hydrogens (tertiary/aromatic N) is 2. The molecule has 0 fully saturated rings. The number of hydrogen-bond acceptors (Lipinski definition) is 4. The summed E-state index contributed by atoms with van der Waals surface area (Å²) in [6, 6.07) is 56.5. The van der Waals surface area contributed by atoms with Crippen molar-refractivity contribution >= 4 is 27.1 Å². The van der Waals surface area contributed by atoms with Crippen molar-refractivity contribution in [2.24, 2.45) is 5.11 Å². The summed E-state index contributed by atoms with van der Waals surface area (Å²) in [5.74, 6) is 1.57. The molecule has 9 rings (SSSR count). The molecule has 0 saturated heterocycles. The molecule has 0 spiro atoms. The van der Waals surface area contributed by atoms with Gasteiger partial charge in [-0.2, -0.15) is 5.11 Å². The third-order valence-electron chi connectivity index (χ3n) is 10.1. The molecular formula is C47H36N4O. The highest BCUT2D eigenvalue weighted by Crippen LogP contribution is 2.48. The summed E-state index contributed by atoms with van der Waals surface area (Å²) in [7, 11) is 0. The zero-order valence-corrected chi connectivity index (χ0v) is 28.7. The van der Waals surface area contributed by atoms with Crippen LogP contribution in [0.3, 0.4) is 0 Å². The minimum absolute atomic E-state index is 0.252. The molecule has 2 atom stereocenters. The Labute approximate surface area is 303 Å². The Morgan fingerprint density at radius 1 is 0.654 bits per heavy atom. The fraction of sp³-hybridized carbons (Fsp3) is 0.0638. The Bertz CT molecular complexity index is 2630. The van der Waals surface area contributed by atoms with Crippen molar-refractivity contribution in [3.63, 3.8) is 0 Å². The number of allylic oxidation sites excluding steroid dienone is 1. The number of nitrogens with one attached hydrogen (secondary N) is 2. The van der Waals surface area contributed by atoms with Gasteiger partial charge in [-0.15, -0.1) is 0 Å². The van der Waals surface area contributed by atoms with Crippen molar-refractivity contribution in [3.05, 3.63) is 193 Å². The number of benzene rings is 7. The summed E-state index contributed by atoms with van der Waals surface area (Å²) in [4.78, 5) is 0. The van der Waals surface area contributed by atoms with E-state index in [-0.39, 0.29) is 6.04 Å². The molecule has 1 aliphatic rings. The third-order valence-corrected chi connectivity index (χ3v) is 10.1. The predicted octanol–water partition coefficient (Wildman–Crippen LogP) is 12.7. The molecule has 2 heterocycles. The van der Waals surface area contributed by atoms with Gasteiger partial charge in [0.1, 0.15) is 17.7 Å². The van der Waals surface area contributed by atoms with Gasteiger partial charge in [-0.25, -0.2) is 5.53 Å². The SMILES string of the molecule is C/C(=C\C(NC(N=N)c1ccc2c(c1)-c1ccn(-c3ccccc3)c1-c1ccccc1O2)c1cccc2ccccc12)c1cccc2ccccc12. The fourth-order valence-electron chi connectivity index (χ4n) is 7.65. The quantitative estimate of drug-likeness (QED) is 0.158. The smallest absolute Gasteiger partial charge is 0.147 e. The Kier molecular flexibility index (Phi) is 8.03. The molecule has 2 unspecified atom stereocenters. The minimum atomic E-state index is -0.629. The maximum atomic E-state index is 8.53. The van der Waals surface area contributed by atoms with Crippen LogP contribution in [0.4, 0.5) is 0 Å². The van der Waals surface area contributed by atoms with E-state index in [0.29, 0.717) is 0 Å². The number of rotatable bonds is 8. The molecule has 1 aliphatic heterocycles. The maximum Gasteiger partial charge on any atom is 0.147 e. The molecule has 1 aromatic heterocycles. The second kappa shape index (κ2) is 13.3. The first kappa shape index (κ1) is 31.4. The van der Waals surface area contributed by atoms with Crippen LogP contribution in [0, 0.1) is 5.53 Å². The highest BCUT2D eigenvalue weighted by Gasteiger charge is 2.27. The summed E-state index contributed by atoms with van der Waals surface area (Å²) in [6.07, 6.45) is 3.78. The highest BCUT2D eigenvalue weighted by molar-refractivity contribution is 5.94. The highest BCUT2D eigenvalue weighted by atomic mass is 16.5. The van der Waals surface area contributed by atoms with Gasteiger partial charge in [-0.05, 0) is 93.2 Å². The standard InChI is InChI=1S/C47H36N4O/c1-31(36-22-11-15-32-13-5-7-19-37(32)36)29-43(39-23-12-16-33-14-6-8-20-38(33)39)49-47(50-48)34-25-26-45-42(30-34)40-27-28-51(35-17-3-2-4-18-35)46(40)41-21-9-10-24-44(41)52-45/h2-30,43,47-49H,1H3/b31-29+,50-48?. The van der Waals surface area contributed by atoms with Gasteiger partial charge in [0.15, 0.2) is 0 Å². The van der Waals surface area contributed by atoms with Crippen LogP contribution in [0.2, 0.25) is 0 Å². The van der Waals surface area contributed by atoms with Gasteiger partial charge in [-0.1, -0.05) is 127 Å². The summed E-state index contributed by atoms with van der Waals surface area (Å²) in [5, 5.41) is 12.8. The normalized spacial score (nSPS) is 13.4. The second-order valence-electron chi connectivity index (χ2n) is 13.3. The second-order valence-corrected chi connectivity index (χ2v) is 13.3. The zero-order chi connectivity index (χ0) is 35.0. The average Bonchev–Trinajstić information content (AvgIpc) is 3.59. The molecule has 0 amide bonds. The summed E-state index contributed by atoms with van der Waals surface area (Å²) in [6.45, 7) is 2.17. The van der Waals surface area contributed by atoms with E-state index < -0.39 is 6.17 Å². The Morgan fingerprint density at radius 2 is 1.33 bits per heavy atom. The summed E-state index contributed by atoms with van der Waals surface area (Å²) >= 11 is 0. The van der Waals surface area contributed by atoms with Crippen molar-refractivity contribution in [1.29, 1.82) is 5.53 Å². The Balaban J connectivity index is 1.16. The molecule has 7 aromatic carbocycles. The molecule has 0 aliphatic carbocycles. The van der Waals surface area contributed by atoms with Gasteiger partial charge < -0.3 is 9.30 Å². The van der Waals surface area contributed by atoms with Crippen LogP contribution in [0.25, 0.3) is 55.2 Å². The Hall–Kier alpha value is -6.56. The molecule has 2 N–H and O–H groups in total. The first-order valence-electron chi connectivity index (χ1n) is 17.6. The lowest BCUT2D eigenvalue weighted by Crippen LogP contribution is -2.24. The number of ether oxygens (including phenoxy) is 1. The van der Waals surface area contributed by atoms with Crippen LogP contribution in [-0.4, -0.2) is 4.57 Å². The van der Waals surface area contributed by atoms with E-state index in [4.69, 9.17) is 10.3 Å². The van der Waals surface area contributed by atoms with Gasteiger partial charge in [0, 0.05) is 28.6 Å². The fourth-order valence-corrected chi connectivity index (χ4v) is 7.65. The van der Waals surface area contributed by atoms with E-state index in [0.717, 1.165) is 61.7 Å². The number of aromatic nitrogens is 1. The average molecular weight is 673 g/mol. The molecule has 250 valence electrons. The van der Waals surface area contributed by atoms with Crippen molar-refractivity contribution in [3.8, 4) is 39.6 Å². The van der Waals surface area contributed by atoms with Gasteiger partial charge in [0.25, 0.3) is 0 Å². The van der Waals surface area contributed by atoms with E-state index in [1.165, 1.54) is 21.7 Å². The molecule has 52 heavy (non-hydrogen) atoms. The van der Waals surface area contributed by atoms with Crippen molar-refractivity contribution < 1.29 is 4.74 Å². The molecule has 5 nitrogen and oxygen atoms in total. The van der Waals surface area contributed by atoms with E-state index in [1.807, 2.05) is 30.3 Å². The van der Waals surface area contributed by atoms with E-state index in [1.54, 1.807) is 0 Å². The topological polar surface area (TPSA) is 62.4 Å². The van der Waals surface area contributed by atoms with Gasteiger partial charge in [-0.3, -0.25) is 5.32 Å². The maximum absolute atomic E-state index is 8.53. The predicted molar refractivity (Wildman–Crippen MR) is 212 cm³/mol. The van der Waals surface area contributed by atoms with Crippen LogP contribution < -0.4 is 10.1 Å². The van der Waals surface area contributed by atoms with Crippen molar-refractivity contribution in [1.82, 2.24) is 9.88 Å². The van der Waals surface area contributed by atoms with E-state index in [9.17, 15) is 0 Å². The van der Waals surface area contributed by atoms with Crippen LogP contribution >= 0.6 is 0 Å². The van der Waals surface area contributed by atoms with E-state index in [2.05, 4.69) is 168 Å². The molecule has 0 bridgehead atoms. The molecular weight excluding hydrogens is 637 g/mol. The van der Waals surface area contributed by atoms with Crippen molar-refractivity contribution in [2.75, 3.05) is 0 Å². The first-order valence-corrected chi connectivity index (χ1v) is 17.6. The lowest BCUT2D eigenvalue weighted by atomic mass is 9.93. The molecule has 0 saturated carbocycles. The lowest BCUT2D eigenvalue weighted by molar-refractivity contribution is 0.479. The van der Waals surface area contributed by atoms with Crippen LogP contribution in [0.5, 0.6) is 11.5 Å².